The van der Waals surface area contributed by atoms with E-state index < -0.39 is 10.2 Å². The lowest BCUT2D eigenvalue weighted by atomic mass is 10.1. The molecule has 4 rings (SSSR count). The average molecular weight is 457 g/mol. The fourth-order valence-electron chi connectivity index (χ4n) is 3.35. The predicted octanol–water partition coefficient (Wildman–Crippen LogP) is 4.01. The average Bonchev–Trinajstić information content (AvgIpc) is 2.75. The van der Waals surface area contributed by atoms with Gasteiger partial charge in [0.25, 0.3) is 5.91 Å². The van der Waals surface area contributed by atoms with Crippen molar-refractivity contribution in [2.24, 2.45) is 0 Å². The van der Waals surface area contributed by atoms with Crippen molar-refractivity contribution in [1.29, 1.82) is 0 Å². The SMILES string of the molecule is Cc1ccnc(-c2cc(NC(=O)c3ccc(N4CCCNS4(=O)=O)cc3)ccc2Cl)c1. The van der Waals surface area contributed by atoms with Crippen LogP contribution in [0.5, 0.6) is 0 Å². The molecule has 0 radical (unpaired) electrons. The van der Waals surface area contributed by atoms with Crippen molar-refractivity contribution >= 4 is 39.1 Å². The lowest BCUT2D eigenvalue weighted by Gasteiger charge is -2.28. The summed E-state index contributed by atoms with van der Waals surface area (Å²) in [6.07, 6.45) is 2.43. The second-order valence-electron chi connectivity index (χ2n) is 7.24. The first-order valence-corrected chi connectivity index (χ1v) is 11.6. The molecule has 160 valence electrons. The Hall–Kier alpha value is -2.94. The van der Waals surface area contributed by atoms with E-state index in [0.717, 1.165) is 23.2 Å². The van der Waals surface area contributed by atoms with Crippen LogP contribution in [0.3, 0.4) is 0 Å². The molecule has 1 saturated heterocycles. The topological polar surface area (TPSA) is 91.4 Å². The van der Waals surface area contributed by atoms with Crippen LogP contribution in [0, 0.1) is 6.92 Å². The third-order valence-corrected chi connectivity index (χ3v) is 6.82. The molecular formula is C22H21ClN4O3S. The maximum Gasteiger partial charge on any atom is 0.301 e. The van der Waals surface area contributed by atoms with Gasteiger partial charge in [0.05, 0.1) is 16.4 Å². The van der Waals surface area contributed by atoms with Crippen LogP contribution in [-0.4, -0.2) is 32.4 Å². The van der Waals surface area contributed by atoms with E-state index in [1.54, 1.807) is 48.7 Å². The number of carbonyl (C=O) groups excluding carboxylic acids is 1. The molecule has 3 aromatic rings. The summed E-state index contributed by atoms with van der Waals surface area (Å²) in [7, 11) is -3.53. The number of halogens is 1. The lowest BCUT2D eigenvalue weighted by Crippen LogP contribution is -2.47. The first-order valence-electron chi connectivity index (χ1n) is 9.75. The van der Waals surface area contributed by atoms with E-state index in [0.29, 0.717) is 35.1 Å². The van der Waals surface area contributed by atoms with Crippen LogP contribution in [0.15, 0.2) is 60.8 Å². The highest BCUT2D eigenvalue weighted by Gasteiger charge is 2.25. The summed E-state index contributed by atoms with van der Waals surface area (Å²) >= 11 is 6.34. The summed E-state index contributed by atoms with van der Waals surface area (Å²) in [4.78, 5) is 17.1. The van der Waals surface area contributed by atoms with E-state index in [2.05, 4.69) is 15.0 Å². The van der Waals surface area contributed by atoms with Gasteiger partial charge < -0.3 is 5.32 Å². The molecule has 0 unspecified atom stereocenters. The maximum absolute atomic E-state index is 12.7. The molecule has 1 aliphatic rings. The number of benzene rings is 2. The van der Waals surface area contributed by atoms with E-state index >= 15 is 0 Å². The third kappa shape index (κ3) is 4.71. The summed E-state index contributed by atoms with van der Waals surface area (Å²) in [5.41, 5.74) is 4.02. The Kier molecular flexibility index (Phi) is 5.95. The number of aryl methyl sites for hydroxylation is 1. The number of nitrogens with zero attached hydrogens (tertiary/aromatic N) is 2. The molecular weight excluding hydrogens is 436 g/mol. The van der Waals surface area contributed by atoms with Gasteiger partial charge in [-0.05, 0) is 73.5 Å². The molecule has 0 spiro atoms. The highest BCUT2D eigenvalue weighted by Crippen LogP contribution is 2.30. The molecule has 2 N–H and O–H groups in total. The summed E-state index contributed by atoms with van der Waals surface area (Å²) in [6.45, 7) is 2.81. The van der Waals surface area contributed by atoms with Gasteiger partial charge in [0.2, 0.25) is 0 Å². The molecule has 0 bridgehead atoms. The van der Waals surface area contributed by atoms with Gasteiger partial charge >= 0.3 is 10.2 Å². The molecule has 0 atom stereocenters. The first-order chi connectivity index (χ1) is 14.8. The van der Waals surface area contributed by atoms with E-state index in [-0.39, 0.29) is 5.91 Å². The summed E-state index contributed by atoms with van der Waals surface area (Å²) in [6, 6.07) is 15.5. The zero-order valence-corrected chi connectivity index (χ0v) is 18.4. The van der Waals surface area contributed by atoms with Gasteiger partial charge in [0.1, 0.15) is 0 Å². The van der Waals surface area contributed by atoms with Crippen molar-refractivity contribution in [3.05, 3.63) is 76.9 Å². The third-order valence-electron chi connectivity index (χ3n) is 4.95. The Morgan fingerprint density at radius 1 is 1.13 bits per heavy atom. The Balaban J connectivity index is 1.53. The molecule has 0 aliphatic carbocycles. The second kappa shape index (κ2) is 8.66. The monoisotopic (exact) mass is 456 g/mol. The molecule has 1 fully saturated rings. The Morgan fingerprint density at radius 2 is 1.90 bits per heavy atom. The summed E-state index contributed by atoms with van der Waals surface area (Å²) in [5, 5.41) is 3.39. The Morgan fingerprint density at radius 3 is 2.61 bits per heavy atom. The molecule has 1 aliphatic heterocycles. The zero-order valence-electron chi connectivity index (χ0n) is 16.8. The van der Waals surface area contributed by atoms with Crippen molar-refractivity contribution in [3.63, 3.8) is 0 Å². The molecule has 2 heterocycles. The largest absolute Gasteiger partial charge is 0.322 e. The number of hydrogen-bond acceptors (Lipinski definition) is 4. The molecule has 0 saturated carbocycles. The maximum atomic E-state index is 12.7. The van der Waals surface area contributed by atoms with E-state index in [9.17, 15) is 13.2 Å². The number of amides is 1. The smallest absolute Gasteiger partial charge is 0.301 e. The zero-order chi connectivity index (χ0) is 22.0. The van der Waals surface area contributed by atoms with Crippen molar-refractivity contribution in [1.82, 2.24) is 9.71 Å². The minimum absolute atomic E-state index is 0.309. The van der Waals surface area contributed by atoms with Crippen molar-refractivity contribution in [2.75, 3.05) is 22.7 Å². The van der Waals surface area contributed by atoms with Crippen LogP contribution in [0.4, 0.5) is 11.4 Å². The van der Waals surface area contributed by atoms with Gasteiger partial charge in [-0.15, -0.1) is 0 Å². The first kappa shape index (κ1) is 21.3. The van der Waals surface area contributed by atoms with Crippen LogP contribution >= 0.6 is 11.6 Å². The fraction of sp³-hybridized carbons (Fsp3) is 0.182. The quantitative estimate of drug-likeness (QED) is 0.620. The predicted molar refractivity (Wildman–Crippen MR) is 123 cm³/mol. The summed E-state index contributed by atoms with van der Waals surface area (Å²) in [5.74, 6) is -0.309. The number of anilines is 2. The molecule has 7 nitrogen and oxygen atoms in total. The normalized spacial score (nSPS) is 15.5. The van der Waals surface area contributed by atoms with Gasteiger partial charge in [0.15, 0.2) is 0 Å². The minimum Gasteiger partial charge on any atom is -0.322 e. The Bertz CT molecular complexity index is 1230. The fourth-order valence-corrected chi connectivity index (χ4v) is 4.90. The standard InChI is InChI=1S/C22H21ClN4O3S/c1-15-9-11-24-21(13-15)19-14-17(5-8-20(19)23)26-22(28)16-3-6-18(7-4-16)27-12-2-10-25-31(27,29)30/h3-9,11,13-14,25H,2,10,12H2,1H3,(H,26,28). The van der Waals surface area contributed by atoms with Crippen LogP contribution in [0.1, 0.15) is 22.3 Å². The van der Waals surface area contributed by atoms with Gasteiger partial charge in [0, 0.05) is 36.1 Å². The minimum atomic E-state index is -3.53. The number of carbonyl (C=O) groups is 1. The number of rotatable bonds is 4. The van der Waals surface area contributed by atoms with Crippen LogP contribution in [-0.2, 0) is 10.2 Å². The Labute approximate surface area is 186 Å². The van der Waals surface area contributed by atoms with Gasteiger partial charge in [-0.25, -0.2) is 0 Å². The van der Waals surface area contributed by atoms with E-state index in [1.807, 2.05) is 19.1 Å². The van der Waals surface area contributed by atoms with Crippen molar-refractivity contribution in [3.8, 4) is 11.3 Å². The lowest BCUT2D eigenvalue weighted by molar-refractivity contribution is 0.102. The van der Waals surface area contributed by atoms with Crippen LogP contribution in [0.2, 0.25) is 5.02 Å². The molecule has 1 amide bonds. The van der Waals surface area contributed by atoms with E-state index in [4.69, 9.17) is 11.6 Å². The van der Waals surface area contributed by atoms with Crippen molar-refractivity contribution < 1.29 is 13.2 Å². The number of pyridine rings is 1. The second-order valence-corrected chi connectivity index (χ2v) is 9.33. The number of nitrogens with one attached hydrogen (secondary N) is 2. The molecule has 31 heavy (non-hydrogen) atoms. The van der Waals surface area contributed by atoms with Crippen LogP contribution < -0.4 is 14.3 Å². The molecule has 2 aromatic carbocycles. The van der Waals surface area contributed by atoms with Gasteiger partial charge in [-0.2, -0.15) is 13.1 Å². The van der Waals surface area contributed by atoms with Crippen molar-refractivity contribution in [2.45, 2.75) is 13.3 Å². The van der Waals surface area contributed by atoms with Gasteiger partial charge in [-0.3, -0.25) is 14.1 Å². The molecule has 9 heteroatoms. The number of hydrogen-bond donors (Lipinski definition) is 2. The van der Waals surface area contributed by atoms with Gasteiger partial charge in [-0.1, -0.05) is 11.6 Å². The highest BCUT2D eigenvalue weighted by atomic mass is 35.5. The van der Waals surface area contributed by atoms with Crippen LogP contribution in [0.25, 0.3) is 11.3 Å². The van der Waals surface area contributed by atoms with E-state index in [1.165, 1.54) is 4.31 Å². The number of aromatic nitrogens is 1. The highest BCUT2D eigenvalue weighted by molar-refractivity contribution is 7.90. The molecule has 1 aromatic heterocycles. The summed E-state index contributed by atoms with van der Waals surface area (Å²) < 4.78 is 28.1.